The maximum atomic E-state index is 10.9. The molecule has 1 aliphatic rings. The number of nitrogens with one attached hydrogen (secondary N) is 1. The Balaban J connectivity index is 1.84. The monoisotopic (exact) mass is 282 g/mol. The van der Waals surface area contributed by atoms with E-state index in [-0.39, 0.29) is 10.6 Å². The van der Waals surface area contributed by atoms with Gasteiger partial charge in [-0.15, -0.1) is 0 Å². The van der Waals surface area contributed by atoms with Crippen molar-refractivity contribution in [1.29, 1.82) is 0 Å². The molecule has 5 heteroatoms. The molecule has 1 fully saturated rings. The maximum absolute atomic E-state index is 10.9. The van der Waals surface area contributed by atoms with Gasteiger partial charge < -0.3 is 5.32 Å². The highest BCUT2D eigenvalue weighted by molar-refractivity contribution is 6.30. The lowest BCUT2D eigenvalue weighted by atomic mass is 10.0. The van der Waals surface area contributed by atoms with Crippen molar-refractivity contribution in [2.45, 2.75) is 38.6 Å². The number of hydrogen-bond acceptors (Lipinski definition) is 3. The lowest BCUT2D eigenvalue weighted by Gasteiger charge is -2.10. The summed E-state index contributed by atoms with van der Waals surface area (Å²) in [6.45, 7) is 1.41. The molecule has 1 saturated carbocycles. The molecule has 4 nitrogen and oxygen atoms in total. The minimum Gasteiger partial charge on any atom is -0.312 e. The first-order chi connectivity index (χ1) is 9.16. The number of nitro groups is 1. The van der Waals surface area contributed by atoms with E-state index in [9.17, 15) is 10.1 Å². The summed E-state index contributed by atoms with van der Waals surface area (Å²) in [5, 5.41) is 14.7. The van der Waals surface area contributed by atoms with Crippen LogP contribution in [0.15, 0.2) is 18.2 Å². The Bertz CT molecular complexity index is 445. The van der Waals surface area contributed by atoms with Crippen LogP contribution in [0, 0.1) is 16.0 Å². The highest BCUT2D eigenvalue weighted by atomic mass is 35.5. The molecular formula is C14H19ClN2O2. The van der Waals surface area contributed by atoms with Gasteiger partial charge in [0, 0.05) is 23.2 Å². The van der Waals surface area contributed by atoms with E-state index in [2.05, 4.69) is 5.32 Å². The molecule has 0 unspecified atom stereocenters. The number of halogens is 1. The summed E-state index contributed by atoms with van der Waals surface area (Å²) < 4.78 is 0. The highest BCUT2D eigenvalue weighted by Crippen LogP contribution is 2.27. The molecule has 19 heavy (non-hydrogen) atoms. The molecule has 2 rings (SSSR count). The fourth-order valence-corrected chi connectivity index (χ4v) is 2.90. The molecule has 1 aliphatic carbocycles. The summed E-state index contributed by atoms with van der Waals surface area (Å²) in [4.78, 5) is 10.6. The first-order valence-electron chi connectivity index (χ1n) is 6.80. The summed E-state index contributed by atoms with van der Waals surface area (Å²) in [7, 11) is 0. The van der Waals surface area contributed by atoms with Crippen molar-refractivity contribution in [3.8, 4) is 0 Å². The van der Waals surface area contributed by atoms with Crippen molar-refractivity contribution >= 4 is 17.3 Å². The zero-order chi connectivity index (χ0) is 13.7. The third-order valence-electron chi connectivity index (χ3n) is 3.76. The zero-order valence-electron chi connectivity index (χ0n) is 10.9. The molecule has 1 N–H and O–H groups in total. The van der Waals surface area contributed by atoms with Gasteiger partial charge in [-0.1, -0.05) is 37.3 Å². The van der Waals surface area contributed by atoms with Gasteiger partial charge in [-0.25, -0.2) is 0 Å². The Morgan fingerprint density at radius 1 is 1.37 bits per heavy atom. The van der Waals surface area contributed by atoms with Crippen LogP contribution in [0.1, 0.15) is 37.7 Å². The number of benzene rings is 1. The first-order valence-corrected chi connectivity index (χ1v) is 7.18. The van der Waals surface area contributed by atoms with E-state index in [0.29, 0.717) is 17.1 Å². The fourth-order valence-electron chi connectivity index (χ4n) is 2.70. The van der Waals surface area contributed by atoms with Crippen molar-refractivity contribution < 1.29 is 4.92 Å². The van der Waals surface area contributed by atoms with E-state index in [1.54, 1.807) is 12.1 Å². The zero-order valence-corrected chi connectivity index (χ0v) is 11.7. The smallest absolute Gasteiger partial charge is 0.273 e. The molecule has 0 amide bonds. The van der Waals surface area contributed by atoms with Gasteiger partial charge in [-0.2, -0.15) is 0 Å². The molecule has 1 aromatic carbocycles. The Morgan fingerprint density at radius 2 is 2.11 bits per heavy atom. The topological polar surface area (TPSA) is 55.2 Å². The second kappa shape index (κ2) is 6.87. The first kappa shape index (κ1) is 14.3. The van der Waals surface area contributed by atoms with Gasteiger partial charge in [0.05, 0.1) is 4.92 Å². The lowest BCUT2D eigenvalue weighted by Crippen LogP contribution is -2.17. The van der Waals surface area contributed by atoms with Crippen molar-refractivity contribution in [2.75, 3.05) is 6.54 Å². The molecule has 0 aromatic heterocycles. The molecule has 0 radical (unpaired) electrons. The molecule has 0 spiro atoms. The van der Waals surface area contributed by atoms with Crippen molar-refractivity contribution in [1.82, 2.24) is 5.32 Å². The van der Waals surface area contributed by atoms with E-state index in [1.165, 1.54) is 31.7 Å². The van der Waals surface area contributed by atoms with Gasteiger partial charge in [-0.3, -0.25) is 10.1 Å². The third kappa shape index (κ3) is 4.18. The second-order valence-corrected chi connectivity index (χ2v) is 5.58. The van der Waals surface area contributed by atoms with Crippen LogP contribution in [0.25, 0.3) is 0 Å². The summed E-state index contributed by atoms with van der Waals surface area (Å²) in [5.41, 5.74) is 0.793. The van der Waals surface area contributed by atoms with Crippen LogP contribution in [-0.2, 0) is 6.54 Å². The molecular weight excluding hydrogens is 264 g/mol. The average molecular weight is 283 g/mol. The molecule has 0 aliphatic heterocycles. The summed E-state index contributed by atoms with van der Waals surface area (Å²) >= 11 is 5.89. The number of nitro benzene ring substituents is 1. The maximum Gasteiger partial charge on any atom is 0.273 e. The Labute approximate surface area is 118 Å². The molecule has 0 heterocycles. The molecule has 104 valence electrons. The Kier molecular flexibility index (Phi) is 5.16. The second-order valence-electron chi connectivity index (χ2n) is 5.15. The molecule has 0 saturated heterocycles. The minimum absolute atomic E-state index is 0.137. The van der Waals surface area contributed by atoms with E-state index < -0.39 is 0 Å². The van der Waals surface area contributed by atoms with Crippen LogP contribution >= 0.6 is 11.6 Å². The van der Waals surface area contributed by atoms with E-state index >= 15 is 0 Å². The van der Waals surface area contributed by atoms with Gasteiger partial charge in [0.1, 0.15) is 0 Å². The van der Waals surface area contributed by atoms with Crippen molar-refractivity contribution in [2.24, 2.45) is 5.92 Å². The average Bonchev–Trinajstić information content (AvgIpc) is 2.87. The Morgan fingerprint density at radius 3 is 2.79 bits per heavy atom. The highest BCUT2D eigenvalue weighted by Gasteiger charge is 2.15. The predicted molar refractivity (Wildman–Crippen MR) is 76.4 cm³/mol. The van der Waals surface area contributed by atoms with E-state index in [0.717, 1.165) is 18.9 Å². The predicted octanol–water partition coefficient (Wildman–Crippen LogP) is 3.92. The standard InChI is InChI=1S/C14H19ClN2O2/c15-13-5-6-14(17(18)19)12(9-13)10-16-8-7-11-3-1-2-4-11/h5-6,9,11,16H,1-4,7-8,10H2. The van der Waals surface area contributed by atoms with Crippen molar-refractivity contribution in [3.05, 3.63) is 38.9 Å². The quantitative estimate of drug-likeness (QED) is 0.489. The molecule has 0 atom stereocenters. The lowest BCUT2D eigenvalue weighted by molar-refractivity contribution is -0.385. The molecule has 0 bridgehead atoms. The van der Waals surface area contributed by atoms with E-state index in [4.69, 9.17) is 11.6 Å². The van der Waals surface area contributed by atoms with Gasteiger partial charge >= 0.3 is 0 Å². The van der Waals surface area contributed by atoms with Gasteiger partial charge in [-0.05, 0) is 31.0 Å². The van der Waals surface area contributed by atoms with Crippen LogP contribution in [0.4, 0.5) is 5.69 Å². The van der Waals surface area contributed by atoms with Crippen LogP contribution in [0.5, 0.6) is 0 Å². The SMILES string of the molecule is O=[N+]([O-])c1ccc(Cl)cc1CNCCC1CCCC1. The normalized spacial score (nSPS) is 15.8. The molecule has 1 aromatic rings. The van der Waals surface area contributed by atoms with Crippen molar-refractivity contribution in [3.63, 3.8) is 0 Å². The minimum atomic E-state index is -0.357. The summed E-state index contributed by atoms with van der Waals surface area (Å²) in [6.07, 6.45) is 6.53. The van der Waals surface area contributed by atoms with Gasteiger partial charge in [0.25, 0.3) is 5.69 Å². The van der Waals surface area contributed by atoms with E-state index in [1.807, 2.05) is 0 Å². The number of nitrogens with zero attached hydrogens (tertiary/aromatic N) is 1. The third-order valence-corrected chi connectivity index (χ3v) is 3.99. The van der Waals surface area contributed by atoms with Crippen LogP contribution in [0.3, 0.4) is 0 Å². The summed E-state index contributed by atoms with van der Waals surface area (Å²) in [5.74, 6) is 0.835. The van der Waals surface area contributed by atoms with Gasteiger partial charge in [0.2, 0.25) is 0 Å². The Hall–Kier alpha value is -1.13. The van der Waals surface area contributed by atoms with Crippen LogP contribution < -0.4 is 5.32 Å². The largest absolute Gasteiger partial charge is 0.312 e. The van der Waals surface area contributed by atoms with Crippen LogP contribution in [-0.4, -0.2) is 11.5 Å². The number of rotatable bonds is 6. The summed E-state index contributed by atoms with van der Waals surface area (Å²) in [6, 6.07) is 4.69. The van der Waals surface area contributed by atoms with Crippen LogP contribution in [0.2, 0.25) is 5.02 Å². The van der Waals surface area contributed by atoms with Gasteiger partial charge in [0.15, 0.2) is 0 Å². The number of hydrogen-bond donors (Lipinski definition) is 1. The fraction of sp³-hybridized carbons (Fsp3) is 0.571.